The van der Waals surface area contributed by atoms with E-state index in [1.54, 1.807) is 22.9 Å². The first-order chi connectivity index (χ1) is 15.7. The van der Waals surface area contributed by atoms with E-state index in [0.29, 0.717) is 28.9 Å². The van der Waals surface area contributed by atoms with Gasteiger partial charge in [0.25, 0.3) is 5.56 Å². The molecular weight excluding hydrogens is 426 g/mol. The number of hydrogen-bond acceptors (Lipinski definition) is 6. The lowest BCUT2D eigenvalue weighted by Gasteiger charge is -2.32. The van der Waals surface area contributed by atoms with Gasteiger partial charge in [-0.05, 0) is 25.0 Å². The Bertz CT molecular complexity index is 1330. The highest BCUT2D eigenvalue weighted by atomic mass is 32.2. The van der Waals surface area contributed by atoms with Gasteiger partial charge in [0.15, 0.2) is 5.16 Å². The molecule has 1 aliphatic heterocycles. The molecule has 0 radical (unpaired) electrons. The predicted molar refractivity (Wildman–Crippen MR) is 123 cm³/mol. The van der Waals surface area contributed by atoms with Crippen LogP contribution in [0.1, 0.15) is 18.9 Å². The number of para-hydroxylation sites is 1. The number of nitrogens with zero attached hydrogens (tertiary/aromatic N) is 7. The first kappa shape index (κ1) is 20.5. The number of allylic oxidation sites excluding steroid dienone is 1. The highest BCUT2D eigenvalue weighted by Gasteiger charge is 2.24. The third-order valence-corrected chi connectivity index (χ3v) is 6.79. The van der Waals surface area contributed by atoms with Gasteiger partial charge in [-0.15, -0.1) is 16.8 Å². The summed E-state index contributed by atoms with van der Waals surface area (Å²) in [5, 5.41) is 9.72. The minimum absolute atomic E-state index is 0.0829. The number of thioether (sulfide) groups is 1. The molecule has 0 saturated carbocycles. The Morgan fingerprint density at radius 1 is 1.22 bits per heavy atom. The monoisotopic (exact) mass is 449 g/mol. The number of benzene rings is 1. The zero-order valence-electron chi connectivity index (χ0n) is 17.5. The molecule has 1 saturated heterocycles. The van der Waals surface area contributed by atoms with Crippen molar-refractivity contribution < 1.29 is 4.79 Å². The van der Waals surface area contributed by atoms with Crippen molar-refractivity contribution in [2.24, 2.45) is 0 Å². The number of likely N-dealkylation sites (tertiary alicyclic amines) is 1. The molecule has 5 rings (SSSR count). The van der Waals surface area contributed by atoms with Crippen LogP contribution in [0.15, 0.2) is 65.6 Å². The fraction of sp³-hybridized carbons (Fsp3) is 0.318. The Morgan fingerprint density at radius 2 is 2.03 bits per heavy atom. The molecule has 0 unspecified atom stereocenters. The summed E-state index contributed by atoms with van der Waals surface area (Å²) in [4.78, 5) is 31.8. The van der Waals surface area contributed by atoms with E-state index < -0.39 is 0 Å². The molecule has 32 heavy (non-hydrogen) atoms. The van der Waals surface area contributed by atoms with Gasteiger partial charge in [0.2, 0.25) is 11.7 Å². The van der Waals surface area contributed by atoms with Crippen molar-refractivity contribution in [2.75, 3.05) is 18.8 Å². The van der Waals surface area contributed by atoms with E-state index in [0.717, 1.165) is 31.4 Å². The van der Waals surface area contributed by atoms with Crippen molar-refractivity contribution in [3.05, 3.63) is 66.0 Å². The van der Waals surface area contributed by atoms with Crippen LogP contribution in [0.2, 0.25) is 0 Å². The number of amides is 1. The smallest absolute Gasteiger partial charge is 0.263 e. The molecule has 4 aromatic rings. The van der Waals surface area contributed by atoms with Crippen LogP contribution in [0.5, 0.6) is 0 Å². The SMILES string of the molecule is C=CCn1c(=O)c2ccccc2n2c(SCC(=O)N3CCC(n4ccnc4)CC3)nnc12. The molecule has 1 aromatic carbocycles. The van der Waals surface area contributed by atoms with E-state index in [2.05, 4.69) is 26.3 Å². The van der Waals surface area contributed by atoms with Crippen LogP contribution in [0, 0.1) is 0 Å². The van der Waals surface area contributed by atoms with Crippen molar-refractivity contribution >= 4 is 34.3 Å². The average Bonchev–Trinajstić information content (AvgIpc) is 3.51. The van der Waals surface area contributed by atoms with E-state index in [9.17, 15) is 9.59 Å². The number of fused-ring (bicyclic) bond motifs is 3. The Hall–Kier alpha value is -3.40. The zero-order valence-corrected chi connectivity index (χ0v) is 18.3. The molecule has 10 heteroatoms. The van der Waals surface area contributed by atoms with Gasteiger partial charge in [-0.3, -0.25) is 18.6 Å². The van der Waals surface area contributed by atoms with Crippen LogP contribution in [-0.2, 0) is 11.3 Å². The standard InChI is InChI=1S/C22H23N7O2S/c1-2-10-28-20(31)17-5-3-4-6-18(17)29-21(28)24-25-22(29)32-14-19(30)26-11-7-16(8-12-26)27-13-9-23-15-27/h2-6,9,13,15-16H,1,7-8,10-12,14H2. The van der Waals surface area contributed by atoms with Gasteiger partial charge in [0.1, 0.15) is 0 Å². The van der Waals surface area contributed by atoms with Crippen molar-refractivity contribution in [2.45, 2.75) is 30.6 Å². The molecule has 0 bridgehead atoms. The van der Waals surface area contributed by atoms with Gasteiger partial charge in [0.05, 0.1) is 23.0 Å². The fourth-order valence-electron chi connectivity index (χ4n) is 4.24. The minimum Gasteiger partial charge on any atom is -0.342 e. The van der Waals surface area contributed by atoms with Gasteiger partial charge in [-0.2, -0.15) is 0 Å². The van der Waals surface area contributed by atoms with Crippen LogP contribution in [0.25, 0.3) is 16.7 Å². The minimum atomic E-state index is -0.131. The number of piperidine rings is 1. The number of rotatable bonds is 6. The zero-order chi connectivity index (χ0) is 22.1. The molecule has 164 valence electrons. The Labute approximate surface area is 188 Å². The average molecular weight is 450 g/mol. The Morgan fingerprint density at radius 3 is 2.78 bits per heavy atom. The first-order valence-corrected chi connectivity index (χ1v) is 11.5. The van der Waals surface area contributed by atoms with Crippen molar-refractivity contribution in [3.63, 3.8) is 0 Å². The second kappa shape index (κ2) is 8.62. The lowest BCUT2D eigenvalue weighted by atomic mass is 10.1. The predicted octanol–water partition coefficient (Wildman–Crippen LogP) is 2.38. The molecule has 9 nitrogen and oxygen atoms in total. The summed E-state index contributed by atoms with van der Waals surface area (Å²) in [5.74, 6) is 0.801. The molecule has 4 heterocycles. The van der Waals surface area contributed by atoms with Crippen molar-refractivity contribution in [3.8, 4) is 0 Å². The molecule has 0 N–H and O–H groups in total. The molecule has 1 aliphatic rings. The van der Waals surface area contributed by atoms with Crippen molar-refractivity contribution in [1.82, 2.24) is 33.6 Å². The molecule has 3 aromatic heterocycles. The highest BCUT2D eigenvalue weighted by Crippen LogP contribution is 2.25. The molecule has 1 fully saturated rings. The maximum absolute atomic E-state index is 12.9. The second-order valence-corrected chi connectivity index (χ2v) is 8.69. The summed E-state index contributed by atoms with van der Waals surface area (Å²) in [5.41, 5.74) is 0.600. The highest BCUT2D eigenvalue weighted by molar-refractivity contribution is 7.99. The summed E-state index contributed by atoms with van der Waals surface area (Å²) >= 11 is 1.35. The second-order valence-electron chi connectivity index (χ2n) is 7.75. The molecule has 0 atom stereocenters. The molecule has 0 spiro atoms. The van der Waals surface area contributed by atoms with E-state index in [4.69, 9.17) is 0 Å². The summed E-state index contributed by atoms with van der Waals surface area (Å²) in [6, 6.07) is 7.77. The van der Waals surface area contributed by atoms with Crippen LogP contribution in [0.4, 0.5) is 0 Å². The molecular formula is C22H23N7O2S. The third kappa shape index (κ3) is 3.60. The van der Waals surface area contributed by atoms with E-state index in [1.165, 1.54) is 11.8 Å². The van der Waals surface area contributed by atoms with Crippen molar-refractivity contribution in [1.29, 1.82) is 0 Å². The topological polar surface area (TPSA) is 90.3 Å². The molecule has 0 aliphatic carbocycles. The van der Waals surface area contributed by atoms with E-state index in [-0.39, 0.29) is 17.2 Å². The van der Waals surface area contributed by atoms with E-state index in [1.807, 2.05) is 40.0 Å². The summed E-state index contributed by atoms with van der Waals surface area (Å²) in [7, 11) is 0. The molecule has 1 amide bonds. The number of carbonyl (C=O) groups excluding carboxylic acids is 1. The van der Waals surface area contributed by atoms with Crippen LogP contribution < -0.4 is 5.56 Å². The van der Waals surface area contributed by atoms with Crippen LogP contribution in [-0.4, -0.2) is 58.4 Å². The van der Waals surface area contributed by atoms with Gasteiger partial charge < -0.3 is 9.47 Å². The lowest BCUT2D eigenvalue weighted by Crippen LogP contribution is -2.39. The fourth-order valence-corrected chi connectivity index (χ4v) is 5.08. The first-order valence-electron chi connectivity index (χ1n) is 10.5. The van der Waals surface area contributed by atoms with Gasteiger partial charge >= 0.3 is 0 Å². The Kier molecular flexibility index (Phi) is 5.52. The quantitative estimate of drug-likeness (QED) is 0.332. The van der Waals surface area contributed by atoms with Gasteiger partial charge in [0, 0.05) is 38.1 Å². The number of imidazole rings is 1. The van der Waals surface area contributed by atoms with Crippen LogP contribution in [0.3, 0.4) is 0 Å². The lowest BCUT2D eigenvalue weighted by molar-refractivity contribution is -0.129. The largest absolute Gasteiger partial charge is 0.342 e. The number of hydrogen-bond donors (Lipinski definition) is 0. The summed E-state index contributed by atoms with van der Waals surface area (Å²) in [6.45, 7) is 5.53. The summed E-state index contributed by atoms with van der Waals surface area (Å²) < 4.78 is 5.52. The third-order valence-electron chi connectivity index (χ3n) is 5.88. The van der Waals surface area contributed by atoms with E-state index >= 15 is 0 Å². The maximum Gasteiger partial charge on any atom is 0.263 e. The van der Waals surface area contributed by atoms with Gasteiger partial charge in [-0.25, -0.2) is 4.98 Å². The normalized spacial score (nSPS) is 14.9. The Balaban J connectivity index is 1.35. The van der Waals surface area contributed by atoms with Crippen LogP contribution >= 0.6 is 11.8 Å². The van der Waals surface area contributed by atoms with Gasteiger partial charge in [-0.1, -0.05) is 30.0 Å². The maximum atomic E-state index is 12.9. The number of carbonyl (C=O) groups is 1. The number of aromatic nitrogens is 6. The summed E-state index contributed by atoms with van der Waals surface area (Å²) in [6.07, 6.45) is 9.09.